The summed E-state index contributed by atoms with van der Waals surface area (Å²) in [6, 6.07) is 4.59. The molecule has 0 saturated carbocycles. The van der Waals surface area contributed by atoms with Gasteiger partial charge in [0, 0.05) is 8.04 Å². The first-order chi connectivity index (χ1) is 7.03. The molecule has 2 heteroatoms. The molecule has 0 nitrogen and oxygen atoms in total. The lowest BCUT2D eigenvalue weighted by Gasteiger charge is -2.27. The standard InChI is InChI=1S/C14H20BrI/c1-13(2,3)9-7-10(14(4,5)6)12(16)8-11(9)15/h7-8H,1-6H3. The van der Waals surface area contributed by atoms with Crippen molar-refractivity contribution in [2.75, 3.05) is 0 Å². The highest BCUT2D eigenvalue weighted by Gasteiger charge is 2.23. The van der Waals surface area contributed by atoms with E-state index in [2.05, 4.69) is 92.2 Å². The van der Waals surface area contributed by atoms with Gasteiger partial charge in [0.1, 0.15) is 0 Å². The zero-order valence-corrected chi connectivity index (χ0v) is 14.7. The van der Waals surface area contributed by atoms with Crippen molar-refractivity contribution in [3.8, 4) is 0 Å². The maximum absolute atomic E-state index is 3.68. The van der Waals surface area contributed by atoms with Gasteiger partial charge in [-0.25, -0.2) is 0 Å². The second-order valence-electron chi connectivity index (χ2n) is 6.31. The van der Waals surface area contributed by atoms with Crippen molar-refractivity contribution < 1.29 is 0 Å². The first kappa shape index (κ1) is 14.5. The summed E-state index contributed by atoms with van der Waals surface area (Å²) in [5.74, 6) is 0. The molecule has 0 bridgehead atoms. The van der Waals surface area contributed by atoms with Gasteiger partial charge in [-0.3, -0.25) is 0 Å². The normalized spacial score (nSPS) is 13.0. The van der Waals surface area contributed by atoms with Crippen LogP contribution in [-0.4, -0.2) is 0 Å². The van der Waals surface area contributed by atoms with Gasteiger partial charge < -0.3 is 0 Å². The molecule has 0 amide bonds. The minimum Gasteiger partial charge on any atom is -0.0560 e. The number of halogens is 2. The highest BCUT2D eigenvalue weighted by molar-refractivity contribution is 14.1. The molecule has 0 aliphatic carbocycles. The molecule has 1 rings (SSSR count). The van der Waals surface area contributed by atoms with Crippen LogP contribution in [0, 0.1) is 3.57 Å². The van der Waals surface area contributed by atoms with Crippen LogP contribution in [-0.2, 0) is 10.8 Å². The van der Waals surface area contributed by atoms with Gasteiger partial charge in [-0.05, 0) is 50.6 Å². The predicted molar refractivity (Wildman–Crippen MR) is 84.3 cm³/mol. The summed E-state index contributed by atoms with van der Waals surface area (Å²) in [6.07, 6.45) is 0. The molecule has 0 aromatic heterocycles. The Morgan fingerprint density at radius 1 is 0.875 bits per heavy atom. The van der Waals surface area contributed by atoms with Crippen molar-refractivity contribution in [1.29, 1.82) is 0 Å². The monoisotopic (exact) mass is 394 g/mol. The molecule has 0 aliphatic heterocycles. The Morgan fingerprint density at radius 3 is 1.69 bits per heavy atom. The van der Waals surface area contributed by atoms with Crippen LogP contribution >= 0.6 is 38.5 Å². The lowest BCUT2D eigenvalue weighted by atomic mass is 9.81. The smallest absolute Gasteiger partial charge is 0.0223 e. The van der Waals surface area contributed by atoms with Crippen LogP contribution in [0.1, 0.15) is 52.7 Å². The first-order valence-electron chi connectivity index (χ1n) is 5.53. The minimum absolute atomic E-state index is 0.184. The molecule has 16 heavy (non-hydrogen) atoms. The van der Waals surface area contributed by atoms with Crippen molar-refractivity contribution in [3.63, 3.8) is 0 Å². The third-order valence-electron chi connectivity index (χ3n) is 2.67. The van der Waals surface area contributed by atoms with Crippen molar-refractivity contribution in [2.24, 2.45) is 0 Å². The summed E-state index contributed by atoms with van der Waals surface area (Å²) < 4.78 is 2.56. The van der Waals surface area contributed by atoms with Gasteiger partial charge in [-0.2, -0.15) is 0 Å². The quantitative estimate of drug-likeness (QED) is 0.499. The molecule has 0 spiro atoms. The van der Waals surface area contributed by atoms with Crippen LogP contribution in [0.15, 0.2) is 16.6 Å². The van der Waals surface area contributed by atoms with Crippen molar-refractivity contribution in [2.45, 2.75) is 52.4 Å². The van der Waals surface area contributed by atoms with Crippen LogP contribution in [0.3, 0.4) is 0 Å². The predicted octanol–water partition coefficient (Wildman–Crippen LogP) is 5.65. The lowest BCUT2D eigenvalue weighted by molar-refractivity contribution is 0.564. The van der Waals surface area contributed by atoms with Crippen molar-refractivity contribution in [3.05, 3.63) is 31.3 Å². The zero-order chi connectivity index (χ0) is 12.7. The van der Waals surface area contributed by atoms with Crippen molar-refractivity contribution in [1.82, 2.24) is 0 Å². The van der Waals surface area contributed by atoms with Gasteiger partial charge in [0.2, 0.25) is 0 Å². The Balaban J connectivity index is 3.45. The molecule has 0 aliphatic rings. The Kier molecular flexibility index (Phi) is 4.17. The number of hydrogen-bond acceptors (Lipinski definition) is 0. The van der Waals surface area contributed by atoms with Crippen LogP contribution in [0.4, 0.5) is 0 Å². The number of rotatable bonds is 0. The molecule has 1 aromatic carbocycles. The molecule has 1 aromatic rings. The second-order valence-corrected chi connectivity index (χ2v) is 8.33. The summed E-state index contributed by atoms with van der Waals surface area (Å²) in [6.45, 7) is 13.6. The lowest BCUT2D eigenvalue weighted by Crippen LogP contribution is -2.18. The Bertz CT molecular complexity index is 359. The average molecular weight is 395 g/mol. The zero-order valence-electron chi connectivity index (χ0n) is 10.9. The molecule has 0 atom stereocenters. The molecule has 0 unspecified atom stereocenters. The van der Waals surface area contributed by atoms with E-state index in [1.165, 1.54) is 19.2 Å². The van der Waals surface area contributed by atoms with E-state index in [1.807, 2.05) is 0 Å². The Labute approximate surface area is 121 Å². The molecule has 0 fully saturated rings. The van der Waals surface area contributed by atoms with Gasteiger partial charge in [0.05, 0.1) is 0 Å². The maximum atomic E-state index is 3.68. The van der Waals surface area contributed by atoms with Crippen LogP contribution in [0.2, 0.25) is 0 Å². The number of hydrogen-bond donors (Lipinski definition) is 0. The number of benzene rings is 1. The van der Waals surface area contributed by atoms with E-state index in [9.17, 15) is 0 Å². The Morgan fingerprint density at radius 2 is 1.31 bits per heavy atom. The third-order valence-corrected chi connectivity index (χ3v) is 4.22. The molecule has 0 saturated heterocycles. The molecule has 0 heterocycles. The van der Waals surface area contributed by atoms with Crippen LogP contribution in [0.5, 0.6) is 0 Å². The van der Waals surface area contributed by atoms with Crippen molar-refractivity contribution >= 4 is 38.5 Å². The summed E-state index contributed by atoms with van der Waals surface area (Å²) in [5.41, 5.74) is 3.21. The second kappa shape index (κ2) is 4.60. The van der Waals surface area contributed by atoms with Gasteiger partial charge in [0.15, 0.2) is 0 Å². The van der Waals surface area contributed by atoms with E-state index < -0.39 is 0 Å². The maximum Gasteiger partial charge on any atom is 0.0223 e. The summed E-state index contributed by atoms with van der Waals surface area (Å²) >= 11 is 6.11. The molecule has 0 N–H and O–H groups in total. The fraction of sp³-hybridized carbons (Fsp3) is 0.571. The van der Waals surface area contributed by atoms with Gasteiger partial charge in [0.25, 0.3) is 0 Å². The molecule has 90 valence electrons. The SMILES string of the molecule is CC(C)(C)c1cc(C(C)(C)C)c(I)cc1Br. The van der Waals surface area contributed by atoms with Gasteiger partial charge in [-0.1, -0.05) is 63.5 Å². The first-order valence-corrected chi connectivity index (χ1v) is 7.40. The highest BCUT2D eigenvalue weighted by Crippen LogP contribution is 2.36. The van der Waals surface area contributed by atoms with E-state index in [0.717, 1.165) is 0 Å². The fourth-order valence-electron chi connectivity index (χ4n) is 1.70. The molecular weight excluding hydrogens is 375 g/mol. The molecular formula is C14H20BrI. The van der Waals surface area contributed by atoms with E-state index in [1.54, 1.807) is 0 Å². The highest BCUT2D eigenvalue weighted by atomic mass is 127. The minimum atomic E-state index is 0.184. The van der Waals surface area contributed by atoms with E-state index in [-0.39, 0.29) is 10.8 Å². The van der Waals surface area contributed by atoms with Gasteiger partial charge >= 0.3 is 0 Å². The fourth-order valence-corrected chi connectivity index (χ4v) is 4.34. The van der Waals surface area contributed by atoms with E-state index in [4.69, 9.17) is 0 Å². The summed E-state index contributed by atoms with van der Waals surface area (Å²) in [7, 11) is 0. The van der Waals surface area contributed by atoms with Gasteiger partial charge in [-0.15, -0.1) is 0 Å². The Hall–Kier alpha value is 0.430. The van der Waals surface area contributed by atoms with E-state index >= 15 is 0 Å². The molecule has 0 radical (unpaired) electrons. The average Bonchev–Trinajstić information content (AvgIpc) is 1.97. The summed E-state index contributed by atoms with van der Waals surface area (Å²) in [5, 5.41) is 0. The largest absolute Gasteiger partial charge is 0.0560 e. The summed E-state index contributed by atoms with van der Waals surface area (Å²) in [4.78, 5) is 0. The van der Waals surface area contributed by atoms with E-state index in [0.29, 0.717) is 0 Å². The van der Waals surface area contributed by atoms with Crippen LogP contribution < -0.4 is 0 Å². The van der Waals surface area contributed by atoms with Crippen LogP contribution in [0.25, 0.3) is 0 Å². The third kappa shape index (κ3) is 3.22. The topological polar surface area (TPSA) is 0 Å².